The Hall–Kier alpha value is -3.55. The molecule has 1 fully saturated rings. The van der Waals surface area contributed by atoms with Crippen LogP contribution in [0.5, 0.6) is 5.75 Å². The second-order valence-electron chi connectivity index (χ2n) is 8.21. The number of urea groups is 1. The van der Waals surface area contributed by atoms with Crippen molar-refractivity contribution in [2.24, 2.45) is 0 Å². The van der Waals surface area contributed by atoms with Gasteiger partial charge in [0.1, 0.15) is 11.6 Å². The Labute approximate surface area is 193 Å². The molecule has 7 nitrogen and oxygen atoms in total. The van der Waals surface area contributed by atoms with E-state index in [9.17, 15) is 9.18 Å². The standard InChI is InChI=1S/C25H29FN4O3/c1-17-5-6-19(22(26)13-17)15-28-25(31)30-10-4-9-29(11-12-30)20-7-8-21(23(14-20)32-3)24-16-27-18(2)33-24/h5-8,13-14,16H,4,9-12,15H2,1-3H3,(H,28,31). The zero-order valence-corrected chi connectivity index (χ0v) is 19.2. The average Bonchev–Trinajstić information content (AvgIpc) is 3.09. The summed E-state index contributed by atoms with van der Waals surface area (Å²) < 4.78 is 25.3. The summed E-state index contributed by atoms with van der Waals surface area (Å²) in [4.78, 5) is 20.9. The van der Waals surface area contributed by atoms with Crippen molar-refractivity contribution < 1.29 is 18.3 Å². The van der Waals surface area contributed by atoms with E-state index < -0.39 is 0 Å². The molecule has 2 aromatic carbocycles. The number of hydrogen-bond donors (Lipinski definition) is 1. The van der Waals surface area contributed by atoms with Gasteiger partial charge in [-0.1, -0.05) is 12.1 Å². The maximum Gasteiger partial charge on any atom is 0.317 e. The molecule has 1 saturated heterocycles. The summed E-state index contributed by atoms with van der Waals surface area (Å²) in [6, 6.07) is 10.9. The van der Waals surface area contributed by atoms with Gasteiger partial charge in [-0.05, 0) is 37.1 Å². The van der Waals surface area contributed by atoms with Crippen molar-refractivity contribution in [2.45, 2.75) is 26.8 Å². The van der Waals surface area contributed by atoms with Crippen molar-refractivity contribution in [3.8, 4) is 17.1 Å². The molecular weight excluding hydrogens is 423 g/mol. The number of aryl methyl sites for hydroxylation is 2. The van der Waals surface area contributed by atoms with E-state index in [0.717, 1.165) is 29.8 Å². The summed E-state index contributed by atoms with van der Waals surface area (Å²) in [5.41, 5.74) is 3.21. The molecule has 0 saturated carbocycles. The molecule has 0 spiro atoms. The van der Waals surface area contributed by atoms with Crippen molar-refractivity contribution in [2.75, 3.05) is 38.2 Å². The number of hydrogen-bond acceptors (Lipinski definition) is 5. The largest absolute Gasteiger partial charge is 0.496 e. The van der Waals surface area contributed by atoms with Crippen LogP contribution in [-0.4, -0.2) is 49.2 Å². The molecular formula is C25H29FN4O3. The van der Waals surface area contributed by atoms with Crippen LogP contribution in [-0.2, 0) is 6.54 Å². The fraction of sp³-hybridized carbons (Fsp3) is 0.360. The van der Waals surface area contributed by atoms with Gasteiger partial charge < -0.3 is 24.3 Å². The van der Waals surface area contributed by atoms with Crippen LogP contribution in [0.15, 0.2) is 47.0 Å². The van der Waals surface area contributed by atoms with Gasteiger partial charge in [0.25, 0.3) is 0 Å². The summed E-state index contributed by atoms with van der Waals surface area (Å²) in [6.07, 6.45) is 2.52. The number of carbonyl (C=O) groups is 1. The SMILES string of the molecule is COc1cc(N2CCCN(C(=O)NCc3ccc(C)cc3F)CC2)ccc1-c1cnc(C)o1. The summed E-state index contributed by atoms with van der Waals surface area (Å²) >= 11 is 0. The van der Waals surface area contributed by atoms with Crippen LogP contribution >= 0.6 is 0 Å². The number of methoxy groups -OCH3 is 1. The summed E-state index contributed by atoms with van der Waals surface area (Å²) in [5, 5.41) is 2.85. The predicted octanol–water partition coefficient (Wildman–Crippen LogP) is 4.53. The third-order valence-electron chi connectivity index (χ3n) is 5.86. The van der Waals surface area contributed by atoms with Crippen LogP contribution < -0.4 is 15.0 Å². The average molecular weight is 453 g/mol. The van der Waals surface area contributed by atoms with Gasteiger partial charge in [0, 0.05) is 57.0 Å². The highest BCUT2D eigenvalue weighted by Crippen LogP contribution is 2.34. The van der Waals surface area contributed by atoms with Gasteiger partial charge in [-0.3, -0.25) is 0 Å². The third kappa shape index (κ3) is 5.27. The number of nitrogens with one attached hydrogen (secondary N) is 1. The molecule has 0 radical (unpaired) electrons. The number of ether oxygens (including phenoxy) is 1. The Morgan fingerprint density at radius 3 is 2.73 bits per heavy atom. The molecule has 33 heavy (non-hydrogen) atoms. The number of anilines is 1. The molecule has 1 aliphatic heterocycles. The normalized spacial score (nSPS) is 14.2. The van der Waals surface area contributed by atoms with E-state index in [4.69, 9.17) is 9.15 Å². The molecule has 1 aliphatic rings. The lowest BCUT2D eigenvalue weighted by atomic mass is 10.1. The van der Waals surface area contributed by atoms with Gasteiger partial charge in [-0.25, -0.2) is 14.2 Å². The van der Waals surface area contributed by atoms with Crippen molar-refractivity contribution >= 4 is 11.7 Å². The Kier molecular flexibility index (Phi) is 6.82. The van der Waals surface area contributed by atoms with Crippen molar-refractivity contribution in [1.82, 2.24) is 15.2 Å². The van der Waals surface area contributed by atoms with E-state index in [1.54, 1.807) is 31.2 Å². The number of nitrogens with zero attached hydrogens (tertiary/aromatic N) is 3. The molecule has 2 amide bonds. The number of aromatic nitrogens is 1. The Morgan fingerprint density at radius 1 is 1.15 bits per heavy atom. The minimum Gasteiger partial charge on any atom is -0.496 e. The molecule has 0 aliphatic carbocycles. The Balaban J connectivity index is 1.39. The minimum atomic E-state index is -0.296. The molecule has 1 aromatic heterocycles. The molecule has 174 valence electrons. The first-order valence-electron chi connectivity index (χ1n) is 11.1. The maximum absolute atomic E-state index is 14.1. The predicted molar refractivity (Wildman–Crippen MR) is 125 cm³/mol. The molecule has 2 heterocycles. The number of halogens is 1. The number of benzene rings is 2. The topological polar surface area (TPSA) is 70.8 Å². The van der Waals surface area contributed by atoms with E-state index in [2.05, 4.69) is 15.2 Å². The summed E-state index contributed by atoms with van der Waals surface area (Å²) in [7, 11) is 1.64. The van der Waals surface area contributed by atoms with Crippen LogP contribution in [0.2, 0.25) is 0 Å². The highest BCUT2D eigenvalue weighted by molar-refractivity contribution is 5.74. The smallest absolute Gasteiger partial charge is 0.317 e. The second-order valence-corrected chi connectivity index (χ2v) is 8.21. The molecule has 8 heteroatoms. The van der Waals surface area contributed by atoms with Gasteiger partial charge in [-0.15, -0.1) is 0 Å². The van der Waals surface area contributed by atoms with Gasteiger partial charge in [0.05, 0.1) is 18.9 Å². The van der Waals surface area contributed by atoms with Gasteiger partial charge in [-0.2, -0.15) is 0 Å². The maximum atomic E-state index is 14.1. The first kappa shape index (κ1) is 22.6. The lowest BCUT2D eigenvalue weighted by molar-refractivity contribution is 0.201. The van der Waals surface area contributed by atoms with Gasteiger partial charge in [0.15, 0.2) is 11.7 Å². The van der Waals surface area contributed by atoms with Crippen molar-refractivity contribution in [3.63, 3.8) is 0 Å². The van der Waals surface area contributed by atoms with Crippen LogP contribution in [0.3, 0.4) is 0 Å². The third-order valence-corrected chi connectivity index (χ3v) is 5.86. The van der Waals surface area contributed by atoms with Crippen molar-refractivity contribution in [1.29, 1.82) is 0 Å². The zero-order chi connectivity index (χ0) is 23.4. The lowest BCUT2D eigenvalue weighted by Gasteiger charge is -2.24. The molecule has 4 rings (SSSR count). The van der Waals surface area contributed by atoms with E-state index in [0.29, 0.717) is 42.6 Å². The second kappa shape index (κ2) is 9.94. The quantitative estimate of drug-likeness (QED) is 0.616. The van der Waals surface area contributed by atoms with E-state index in [1.165, 1.54) is 6.07 Å². The minimum absolute atomic E-state index is 0.172. The molecule has 0 bridgehead atoms. The molecule has 1 N–H and O–H groups in total. The lowest BCUT2D eigenvalue weighted by Crippen LogP contribution is -2.41. The highest BCUT2D eigenvalue weighted by atomic mass is 19.1. The molecule has 0 unspecified atom stereocenters. The summed E-state index contributed by atoms with van der Waals surface area (Å²) in [6.45, 7) is 6.55. The van der Waals surface area contributed by atoms with Crippen LogP contribution in [0.1, 0.15) is 23.4 Å². The summed E-state index contributed by atoms with van der Waals surface area (Å²) in [5.74, 6) is 1.68. The number of rotatable bonds is 5. The Morgan fingerprint density at radius 2 is 2.00 bits per heavy atom. The monoisotopic (exact) mass is 452 g/mol. The van der Waals surface area contributed by atoms with E-state index in [-0.39, 0.29) is 18.4 Å². The number of carbonyl (C=O) groups excluding carboxylic acids is 1. The van der Waals surface area contributed by atoms with Crippen LogP contribution in [0, 0.1) is 19.7 Å². The molecule has 0 atom stereocenters. The highest BCUT2D eigenvalue weighted by Gasteiger charge is 2.21. The number of oxazole rings is 1. The fourth-order valence-corrected chi connectivity index (χ4v) is 4.02. The van der Waals surface area contributed by atoms with Crippen LogP contribution in [0.4, 0.5) is 14.9 Å². The van der Waals surface area contributed by atoms with Gasteiger partial charge >= 0.3 is 6.03 Å². The molecule has 3 aromatic rings. The first-order chi connectivity index (χ1) is 15.9. The zero-order valence-electron chi connectivity index (χ0n) is 19.2. The fourth-order valence-electron chi connectivity index (χ4n) is 4.02. The number of amides is 2. The van der Waals surface area contributed by atoms with Crippen molar-refractivity contribution in [3.05, 3.63) is 65.4 Å². The first-order valence-corrected chi connectivity index (χ1v) is 11.1. The Bertz CT molecular complexity index is 1130. The van der Waals surface area contributed by atoms with E-state index >= 15 is 0 Å². The van der Waals surface area contributed by atoms with Gasteiger partial charge in [0.2, 0.25) is 0 Å². The van der Waals surface area contributed by atoms with Crippen LogP contribution in [0.25, 0.3) is 11.3 Å². The van der Waals surface area contributed by atoms with E-state index in [1.807, 2.05) is 31.2 Å².